The molecule has 0 spiro atoms. The van der Waals surface area contributed by atoms with E-state index in [1.165, 1.54) is 0 Å². The third-order valence-electron chi connectivity index (χ3n) is 2.05. The molecular formula is C12H15FO. The maximum Gasteiger partial charge on any atom is 0.168 e. The van der Waals surface area contributed by atoms with Crippen LogP contribution in [0.15, 0.2) is 24.3 Å². The molecule has 0 saturated heterocycles. The van der Waals surface area contributed by atoms with Gasteiger partial charge in [0, 0.05) is 11.0 Å². The molecule has 0 aliphatic heterocycles. The molecule has 2 heteroatoms. The van der Waals surface area contributed by atoms with Crippen LogP contribution >= 0.6 is 0 Å². The number of halogens is 1. The van der Waals surface area contributed by atoms with Crippen LogP contribution in [0.2, 0.25) is 0 Å². The van der Waals surface area contributed by atoms with Crippen molar-refractivity contribution in [1.29, 1.82) is 0 Å². The van der Waals surface area contributed by atoms with Gasteiger partial charge in [-0.05, 0) is 5.56 Å². The Kier molecular flexibility index (Phi) is 3.04. The fourth-order valence-electron chi connectivity index (χ4n) is 1.18. The largest absolute Gasteiger partial charge is 0.294 e. The lowest BCUT2D eigenvalue weighted by atomic mass is 9.86. The average Bonchev–Trinajstić information content (AvgIpc) is 2.15. The van der Waals surface area contributed by atoms with Crippen LogP contribution in [-0.4, -0.2) is 5.78 Å². The highest BCUT2D eigenvalue weighted by atomic mass is 18.2. The summed E-state index contributed by atoms with van der Waals surface area (Å²) >= 11 is 0. The first kappa shape index (κ1) is 10.9. The summed E-state index contributed by atoms with van der Waals surface area (Å²) in [5.41, 5.74) is 0.877. The summed E-state index contributed by atoms with van der Waals surface area (Å²) in [6.45, 7) is 5.14. The Morgan fingerprint density at radius 1 is 1.21 bits per heavy atom. The molecule has 1 aromatic carbocycles. The zero-order valence-electron chi connectivity index (χ0n) is 8.80. The predicted octanol–water partition coefficient (Wildman–Crippen LogP) is 3.38. The topological polar surface area (TPSA) is 17.1 Å². The highest BCUT2D eigenvalue weighted by Gasteiger charge is 2.22. The molecule has 1 nitrogen and oxygen atoms in total. The van der Waals surface area contributed by atoms with Crippen molar-refractivity contribution in [1.82, 2.24) is 0 Å². The molecule has 0 radical (unpaired) electrons. The molecule has 14 heavy (non-hydrogen) atoms. The fraction of sp³-hybridized carbons (Fsp3) is 0.417. The van der Waals surface area contributed by atoms with Gasteiger partial charge in [0.1, 0.15) is 6.67 Å². The normalized spacial score (nSPS) is 11.4. The molecule has 0 amide bonds. The minimum atomic E-state index is -0.482. The van der Waals surface area contributed by atoms with Gasteiger partial charge in [-0.15, -0.1) is 0 Å². The van der Waals surface area contributed by atoms with Crippen LogP contribution in [0, 0.1) is 5.41 Å². The van der Waals surface area contributed by atoms with Crippen molar-refractivity contribution < 1.29 is 9.18 Å². The van der Waals surface area contributed by atoms with Crippen LogP contribution in [0.25, 0.3) is 0 Å². The smallest absolute Gasteiger partial charge is 0.168 e. The minimum absolute atomic E-state index is 0.0860. The number of Topliss-reactive ketones (excluding diaryl/α,β-unsaturated/α-hetero) is 1. The van der Waals surface area contributed by atoms with Gasteiger partial charge in [-0.2, -0.15) is 0 Å². The maximum absolute atomic E-state index is 12.2. The third kappa shape index (κ3) is 2.41. The Morgan fingerprint density at radius 3 is 2.07 bits per heavy atom. The van der Waals surface area contributed by atoms with Gasteiger partial charge in [0.15, 0.2) is 5.78 Å². The van der Waals surface area contributed by atoms with E-state index in [2.05, 4.69) is 0 Å². The summed E-state index contributed by atoms with van der Waals surface area (Å²) in [5, 5.41) is 0. The van der Waals surface area contributed by atoms with E-state index >= 15 is 0 Å². The van der Waals surface area contributed by atoms with Crippen molar-refractivity contribution >= 4 is 5.78 Å². The first-order valence-electron chi connectivity index (χ1n) is 4.65. The summed E-state index contributed by atoms with van der Waals surface area (Å²) in [6, 6.07) is 6.67. The molecule has 0 bridgehead atoms. The maximum atomic E-state index is 12.2. The van der Waals surface area contributed by atoms with Crippen LogP contribution in [-0.2, 0) is 6.67 Å². The second-order valence-electron chi connectivity index (χ2n) is 4.41. The second kappa shape index (κ2) is 3.91. The molecule has 76 valence electrons. The quantitative estimate of drug-likeness (QED) is 0.658. The van der Waals surface area contributed by atoms with E-state index in [9.17, 15) is 9.18 Å². The lowest BCUT2D eigenvalue weighted by molar-refractivity contribution is 0.0858. The highest BCUT2D eigenvalue weighted by molar-refractivity contribution is 5.99. The van der Waals surface area contributed by atoms with E-state index in [-0.39, 0.29) is 11.2 Å². The molecular weight excluding hydrogens is 178 g/mol. The van der Waals surface area contributed by atoms with Gasteiger partial charge in [-0.25, -0.2) is 4.39 Å². The van der Waals surface area contributed by atoms with Gasteiger partial charge < -0.3 is 0 Å². The number of benzene rings is 1. The number of hydrogen-bond donors (Lipinski definition) is 0. The Hall–Kier alpha value is -1.18. The molecule has 1 aromatic rings. The van der Waals surface area contributed by atoms with Crippen LogP contribution in [0.5, 0.6) is 0 Å². The number of rotatable bonds is 2. The summed E-state index contributed by atoms with van der Waals surface area (Å²) in [6.07, 6.45) is 0. The molecule has 0 N–H and O–H groups in total. The SMILES string of the molecule is CC(C)(C)C(=O)c1ccc(C[18F])cc1. The van der Waals surface area contributed by atoms with Gasteiger partial charge in [-0.1, -0.05) is 45.0 Å². The van der Waals surface area contributed by atoms with Crippen molar-refractivity contribution in [3.8, 4) is 0 Å². The number of alkyl halides is 1. The summed E-state index contributed by atoms with van der Waals surface area (Å²) in [5.74, 6) is 0.0860. The van der Waals surface area contributed by atoms with Gasteiger partial charge in [0.05, 0.1) is 0 Å². The molecule has 0 atom stereocenters. The van der Waals surface area contributed by atoms with Crippen molar-refractivity contribution in [2.24, 2.45) is 5.41 Å². The van der Waals surface area contributed by atoms with Gasteiger partial charge in [0.25, 0.3) is 0 Å². The number of ketones is 1. The third-order valence-corrected chi connectivity index (χ3v) is 2.05. The number of carbonyl (C=O) groups is 1. The van der Waals surface area contributed by atoms with E-state index in [4.69, 9.17) is 0 Å². The summed E-state index contributed by atoms with van der Waals surface area (Å²) in [7, 11) is 0. The monoisotopic (exact) mass is 193 g/mol. The zero-order chi connectivity index (χ0) is 10.8. The van der Waals surface area contributed by atoms with Crippen molar-refractivity contribution in [2.75, 3.05) is 0 Å². The lowest BCUT2D eigenvalue weighted by Gasteiger charge is -2.16. The number of carbonyl (C=O) groups excluding carboxylic acids is 1. The van der Waals surface area contributed by atoms with E-state index < -0.39 is 6.67 Å². The Bertz CT molecular complexity index is 319. The Balaban J connectivity index is 2.93. The molecule has 0 fully saturated rings. The Morgan fingerprint density at radius 2 is 1.71 bits per heavy atom. The highest BCUT2D eigenvalue weighted by Crippen LogP contribution is 2.20. The Labute approximate surface area is 83.9 Å². The lowest BCUT2D eigenvalue weighted by Crippen LogP contribution is -2.19. The summed E-state index contributed by atoms with van der Waals surface area (Å²) in [4.78, 5) is 11.8. The van der Waals surface area contributed by atoms with E-state index in [0.717, 1.165) is 0 Å². The predicted molar refractivity (Wildman–Crippen MR) is 55.0 cm³/mol. The van der Waals surface area contributed by atoms with Crippen LogP contribution in [0.4, 0.5) is 4.39 Å². The average molecular weight is 193 g/mol. The molecule has 1 rings (SSSR count). The van der Waals surface area contributed by atoms with Crippen molar-refractivity contribution in [2.45, 2.75) is 27.4 Å². The van der Waals surface area contributed by atoms with Gasteiger partial charge in [0.2, 0.25) is 0 Å². The van der Waals surface area contributed by atoms with E-state index in [0.29, 0.717) is 11.1 Å². The zero-order valence-corrected chi connectivity index (χ0v) is 8.80. The van der Waals surface area contributed by atoms with E-state index in [1.807, 2.05) is 20.8 Å². The van der Waals surface area contributed by atoms with Crippen LogP contribution in [0.1, 0.15) is 36.7 Å². The first-order chi connectivity index (χ1) is 6.45. The standard InChI is InChI=1S/C12H15FO/c1-12(2,3)11(14)10-6-4-9(8-13)5-7-10/h4-7H,8H2,1-3H3/i13-1. The molecule has 0 aliphatic rings. The molecule has 0 saturated carbocycles. The molecule has 0 aliphatic carbocycles. The minimum Gasteiger partial charge on any atom is -0.294 e. The molecule has 0 unspecified atom stereocenters. The van der Waals surface area contributed by atoms with Crippen LogP contribution < -0.4 is 0 Å². The fourth-order valence-corrected chi connectivity index (χ4v) is 1.18. The van der Waals surface area contributed by atoms with Crippen molar-refractivity contribution in [3.05, 3.63) is 35.4 Å². The van der Waals surface area contributed by atoms with Gasteiger partial charge in [-0.3, -0.25) is 4.79 Å². The first-order valence-corrected chi connectivity index (χ1v) is 4.65. The molecule has 0 aromatic heterocycles. The van der Waals surface area contributed by atoms with Crippen LogP contribution in [0.3, 0.4) is 0 Å². The van der Waals surface area contributed by atoms with Crippen molar-refractivity contribution in [3.63, 3.8) is 0 Å². The number of hydrogen-bond acceptors (Lipinski definition) is 1. The second-order valence-corrected chi connectivity index (χ2v) is 4.41. The van der Waals surface area contributed by atoms with Gasteiger partial charge >= 0.3 is 0 Å². The van der Waals surface area contributed by atoms with E-state index in [1.54, 1.807) is 24.3 Å². The summed E-state index contributed by atoms with van der Waals surface area (Å²) < 4.78 is 12.2. The molecule has 0 heterocycles.